The minimum absolute atomic E-state index is 0.00341. The average molecular weight is 406 g/mol. The van der Waals surface area contributed by atoms with Crippen molar-refractivity contribution < 1.29 is 14.3 Å². The van der Waals surface area contributed by atoms with Crippen LogP contribution in [0.2, 0.25) is 0 Å². The second kappa shape index (κ2) is 7.08. The number of benzene rings is 1. The fourth-order valence-corrected chi connectivity index (χ4v) is 4.26. The number of rotatable bonds is 5. The Labute approximate surface area is 173 Å². The van der Waals surface area contributed by atoms with Crippen LogP contribution in [-0.4, -0.2) is 68.2 Å². The van der Waals surface area contributed by atoms with Gasteiger partial charge in [-0.05, 0) is 56.7 Å². The van der Waals surface area contributed by atoms with Crippen molar-refractivity contribution in [2.24, 2.45) is 0 Å². The van der Waals surface area contributed by atoms with Gasteiger partial charge >= 0.3 is 0 Å². The number of piperidine rings is 1. The van der Waals surface area contributed by atoms with Gasteiger partial charge in [-0.3, -0.25) is 9.59 Å². The lowest BCUT2D eigenvalue weighted by atomic mass is 9.87. The van der Waals surface area contributed by atoms with E-state index in [4.69, 9.17) is 4.74 Å². The first kappa shape index (κ1) is 18.5. The molecule has 3 fully saturated rings. The number of amides is 1. The molecule has 154 valence electrons. The lowest BCUT2D eigenvalue weighted by molar-refractivity contribution is -0.148. The first-order valence-electron chi connectivity index (χ1n) is 9.98. The maximum Gasteiger partial charge on any atom is 0.261 e. The van der Waals surface area contributed by atoms with Crippen molar-refractivity contribution in [3.05, 3.63) is 47.8 Å². The van der Waals surface area contributed by atoms with E-state index < -0.39 is 0 Å². The normalized spacial score (nSPS) is 20.2. The van der Waals surface area contributed by atoms with Crippen LogP contribution in [0.5, 0.6) is 5.75 Å². The van der Waals surface area contributed by atoms with Gasteiger partial charge in [0.15, 0.2) is 23.9 Å². The minimum atomic E-state index is -0.00962. The summed E-state index contributed by atoms with van der Waals surface area (Å²) in [6, 6.07) is 11.1. The molecular formula is C21H22N6O3. The zero-order chi connectivity index (χ0) is 20.8. The predicted octanol–water partition coefficient (Wildman–Crippen LogP) is 1.50. The molecule has 9 heteroatoms. The van der Waals surface area contributed by atoms with Gasteiger partial charge in [-0.15, -0.1) is 15.3 Å². The van der Waals surface area contributed by atoms with E-state index in [-0.39, 0.29) is 30.4 Å². The Morgan fingerprint density at radius 1 is 1.07 bits per heavy atom. The van der Waals surface area contributed by atoms with Crippen molar-refractivity contribution in [1.82, 2.24) is 24.7 Å². The molecule has 2 aromatic heterocycles. The Kier molecular flexibility index (Phi) is 4.38. The Morgan fingerprint density at radius 2 is 1.80 bits per heavy atom. The molecule has 0 radical (unpaired) electrons. The maximum atomic E-state index is 12.7. The standard InChI is InChI=1S/C21H22N6O3/c1-13(28)15-3-5-18(6-4-15)30-12-21(29)26-16-9-17(26)11-25(10-16)20-8-7-19-23-22-14(2)27(19)24-20/h3-8,16-17H,9-12H2,1-2H3. The van der Waals surface area contributed by atoms with Crippen LogP contribution in [0.3, 0.4) is 0 Å². The van der Waals surface area contributed by atoms with Gasteiger partial charge in [0.2, 0.25) is 0 Å². The summed E-state index contributed by atoms with van der Waals surface area (Å²) in [6.07, 6.45) is 1.00. The van der Waals surface area contributed by atoms with Gasteiger partial charge in [-0.25, -0.2) is 0 Å². The summed E-state index contributed by atoms with van der Waals surface area (Å²) >= 11 is 0. The number of carbonyl (C=O) groups excluding carboxylic acids is 2. The highest BCUT2D eigenvalue weighted by molar-refractivity contribution is 5.94. The molecule has 3 saturated heterocycles. The van der Waals surface area contributed by atoms with Gasteiger partial charge in [0.05, 0.1) is 12.1 Å². The third-order valence-corrected chi connectivity index (χ3v) is 5.83. The quantitative estimate of drug-likeness (QED) is 0.593. The molecule has 6 rings (SSSR count). The molecule has 3 aliphatic heterocycles. The molecule has 1 aromatic carbocycles. The predicted molar refractivity (Wildman–Crippen MR) is 109 cm³/mol. The van der Waals surface area contributed by atoms with Crippen LogP contribution in [0, 0.1) is 6.92 Å². The van der Waals surface area contributed by atoms with E-state index in [1.807, 2.05) is 24.0 Å². The number of piperazine rings is 1. The smallest absolute Gasteiger partial charge is 0.261 e. The lowest BCUT2D eigenvalue weighted by Gasteiger charge is -2.56. The van der Waals surface area contributed by atoms with E-state index in [9.17, 15) is 9.59 Å². The van der Waals surface area contributed by atoms with Crippen LogP contribution < -0.4 is 9.64 Å². The molecular weight excluding hydrogens is 384 g/mol. The van der Waals surface area contributed by atoms with Crippen LogP contribution in [0.4, 0.5) is 5.82 Å². The number of nitrogens with zero attached hydrogens (tertiary/aromatic N) is 6. The molecule has 0 N–H and O–H groups in total. The molecule has 3 aliphatic rings. The largest absolute Gasteiger partial charge is 0.484 e. The molecule has 0 saturated carbocycles. The van der Waals surface area contributed by atoms with Crippen molar-refractivity contribution in [2.45, 2.75) is 32.4 Å². The van der Waals surface area contributed by atoms with Gasteiger partial charge in [-0.1, -0.05) is 0 Å². The molecule has 9 nitrogen and oxygen atoms in total. The fraction of sp³-hybridized carbons (Fsp3) is 0.381. The SMILES string of the molecule is CC(=O)c1ccc(OCC(=O)N2C3CC2CN(c2ccc4nnc(C)n4n2)C3)cc1. The van der Waals surface area contributed by atoms with E-state index in [0.29, 0.717) is 11.3 Å². The van der Waals surface area contributed by atoms with Crippen molar-refractivity contribution in [2.75, 3.05) is 24.6 Å². The lowest BCUT2D eigenvalue weighted by Crippen LogP contribution is -2.71. The average Bonchev–Trinajstić information content (AvgIpc) is 3.12. The molecule has 5 heterocycles. The first-order chi connectivity index (χ1) is 14.5. The molecule has 2 atom stereocenters. The summed E-state index contributed by atoms with van der Waals surface area (Å²) in [7, 11) is 0. The number of hydrogen-bond acceptors (Lipinski definition) is 7. The van der Waals surface area contributed by atoms with E-state index in [0.717, 1.165) is 36.8 Å². The highest BCUT2D eigenvalue weighted by Crippen LogP contribution is 2.34. The van der Waals surface area contributed by atoms with Crippen molar-refractivity contribution in [3.8, 4) is 5.75 Å². The summed E-state index contributed by atoms with van der Waals surface area (Å²) in [5.74, 6) is 2.20. The Bertz CT molecular complexity index is 1110. The van der Waals surface area contributed by atoms with Crippen molar-refractivity contribution in [1.29, 1.82) is 0 Å². The number of fused-ring (bicyclic) bond motifs is 3. The minimum Gasteiger partial charge on any atom is -0.484 e. The van der Waals surface area contributed by atoms with Crippen molar-refractivity contribution in [3.63, 3.8) is 0 Å². The van der Waals surface area contributed by atoms with Crippen LogP contribution in [0.15, 0.2) is 36.4 Å². The van der Waals surface area contributed by atoms with Gasteiger partial charge < -0.3 is 14.5 Å². The number of hydrogen-bond donors (Lipinski definition) is 0. The highest BCUT2D eigenvalue weighted by Gasteiger charge is 2.47. The number of Topliss-reactive ketones (excluding diaryl/α,β-unsaturated/α-hetero) is 1. The van der Waals surface area contributed by atoms with E-state index in [2.05, 4.69) is 20.2 Å². The van der Waals surface area contributed by atoms with Gasteiger partial charge in [0, 0.05) is 18.7 Å². The van der Waals surface area contributed by atoms with Gasteiger partial charge in [0.25, 0.3) is 5.91 Å². The number of ketones is 1. The molecule has 1 amide bonds. The number of aromatic nitrogens is 4. The molecule has 30 heavy (non-hydrogen) atoms. The summed E-state index contributed by atoms with van der Waals surface area (Å²) in [4.78, 5) is 28.2. The van der Waals surface area contributed by atoms with Crippen LogP contribution in [0.25, 0.3) is 5.65 Å². The third kappa shape index (κ3) is 3.16. The number of anilines is 1. The van der Waals surface area contributed by atoms with Crippen molar-refractivity contribution >= 4 is 23.2 Å². The van der Waals surface area contributed by atoms with Crippen LogP contribution >= 0.6 is 0 Å². The summed E-state index contributed by atoms with van der Waals surface area (Å²) in [6.45, 7) is 4.88. The summed E-state index contributed by atoms with van der Waals surface area (Å²) in [5, 5.41) is 12.8. The zero-order valence-electron chi connectivity index (χ0n) is 16.9. The van der Waals surface area contributed by atoms with E-state index in [1.54, 1.807) is 28.8 Å². The second-order valence-electron chi connectivity index (χ2n) is 7.83. The summed E-state index contributed by atoms with van der Waals surface area (Å²) in [5.41, 5.74) is 1.35. The van der Waals surface area contributed by atoms with Crippen LogP contribution in [-0.2, 0) is 4.79 Å². The molecule has 2 bridgehead atoms. The van der Waals surface area contributed by atoms with E-state index in [1.165, 1.54) is 6.92 Å². The van der Waals surface area contributed by atoms with E-state index >= 15 is 0 Å². The first-order valence-corrected chi connectivity index (χ1v) is 9.98. The maximum absolute atomic E-state index is 12.7. The number of aryl methyl sites for hydroxylation is 1. The van der Waals surface area contributed by atoms with Gasteiger partial charge in [-0.2, -0.15) is 4.52 Å². The zero-order valence-corrected chi connectivity index (χ0v) is 16.9. The van der Waals surface area contributed by atoms with Gasteiger partial charge in [0.1, 0.15) is 11.6 Å². The summed E-state index contributed by atoms with van der Waals surface area (Å²) < 4.78 is 7.38. The Morgan fingerprint density at radius 3 is 2.50 bits per heavy atom. The molecule has 0 spiro atoms. The topological polar surface area (TPSA) is 92.9 Å². The molecule has 0 aliphatic carbocycles. The molecule has 2 unspecified atom stereocenters. The molecule has 3 aromatic rings. The number of ether oxygens (including phenoxy) is 1. The monoisotopic (exact) mass is 406 g/mol. The Hall–Kier alpha value is -3.49. The highest BCUT2D eigenvalue weighted by atomic mass is 16.5. The number of carbonyl (C=O) groups is 2. The second-order valence-corrected chi connectivity index (χ2v) is 7.83. The third-order valence-electron chi connectivity index (χ3n) is 5.83. The van der Waals surface area contributed by atoms with Crippen LogP contribution in [0.1, 0.15) is 29.5 Å². The fourth-order valence-electron chi connectivity index (χ4n) is 4.26. The Balaban J connectivity index is 1.20.